The normalized spacial score (nSPS) is 16.5. The molecule has 0 bridgehead atoms. The predicted octanol–water partition coefficient (Wildman–Crippen LogP) is 2.64. The van der Waals surface area contributed by atoms with E-state index in [1.807, 2.05) is 0 Å². The second-order valence-corrected chi connectivity index (χ2v) is 6.30. The zero-order chi connectivity index (χ0) is 16.9. The number of carbonyl (C=O) groups is 2. The van der Waals surface area contributed by atoms with Gasteiger partial charge in [0.1, 0.15) is 0 Å². The minimum absolute atomic E-state index is 0.0720. The number of hydrogen-bond acceptors (Lipinski definition) is 5. The van der Waals surface area contributed by atoms with Gasteiger partial charge in [-0.3, -0.25) is 10.1 Å². The summed E-state index contributed by atoms with van der Waals surface area (Å²) in [6.45, 7) is 0.0778. The van der Waals surface area contributed by atoms with E-state index >= 15 is 0 Å². The topological polar surface area (TPSA) is 88.7 Å². The van der Waals surface area contributed by atoms with Crippen molar-refractivity contribution in [3.05, 3.63) is 17.2 Å². The van der Waals surface area contributed by atoms with Crippen LogP contribution in [0.2, 0.25) is 5.02 Å². The summed E-state index contributed by atoms with van der Waals surface area (Å²) < 4.78 is 10.5. The van der Waals surface area contributed by atoms with Crippen molar-refractivity contribution in [1.82, 2.24) is 10.6 Å². The summed E-state index contributed by atoms with van der Waals surface area (Å²) in [6.07, 6.45) is 5.37. The van der Waals surface area contributed by atoms with E-state index < -0.39 is 11.9 Å². The number of anilines is 1. The fourth-order valence-corrected chi connectivity index (χ4v) is 3.09. The van der Waals surface area contributed by atoms with Gasteiger partial charge < -0.3 is 20.1 Å². The van der Waals surface area contributed by atoms with Crippen LogP contribution in [0.3, 0.4) is 0 Å². The van der Waals surface area contributed by atoms with Crippen LogP contribution in [0.1, 0.15) is 32.1 Å². The highest BCUT2D eigenvalue weighted by molar-refractivity contribution is 6.33. The zero-order valence-corrected chi connectivity index (χ0v) is 13.9. The van der Waals surface area contributed by atoms with Gasteiger partial charge in [-0.1, -0.05) is 30.9 Å². The first-order valence-electron chi connectivity index (χ1n) is 8.05. The van der Waals surface area contributed by atoms with Crippen LogP contribution in [-0.2, 0) is 4.79 Å². The Kier molecular flexibility index (Phi) is 5.30. The Morgan fingerprint density at radius 3 is 2.58 bits per heavy atom. The molecular formula is C16H20ClN3O4. The Hall–Kier alpha value is -2.15. The van der Waals surface area contributed by atoms with E-state index in [1.54, 1.807) is 12.1 Å². The number of nitrogens with one attached hydrogen (secondary N) is 3. The van der Waals surface area contributed by atoms with E-state index in [9.17, 15) is 9.59 Å². The molecule has 0 atom stereocenters. The molecule has 1 aliphatic heterocycles. The molecule has 0 aromatic heterocycles. The highest BCUT2D eigenvalue weighted by Crippen LogP contribution is 2.39. The van der Waals surface area contributed by atoms with Crippen molar-refractivity contribution < 1.29 is 19.1 Å². The lowest BCUT2D eigenvalue weighted by atomic mass is 9.96. The molecule has 3 N–H and O–H groups in total. The summed E-state index contributed by atoms with van der Waals surface area (Å²) in [5, 5.41) is 8.46. The SMILES string of the molecule is O=C(CNc1cc2c(cc1Cl)OCO2)NC(=O)NC1CCCCC1. The van der Waals surface area contributed by atoms with E-state index in [2.05, 4.69) is 16.0 Å². The number of carbonyl (C=O) groups excluding carboxylic acids is 2. The fourth-order valence-electron chi connectivity index (χ4n) is 2.87. The Morgan fingerprint density at radius 2 is 1.83 bits per heavy atom. The number of halogens is 1. The molecule has 130 valence electrons. The number of imide groups is 1. The summed E-state index contributed by atoms with van der Waals surface area (Å²) in [6, 6.07) is 2.99. The highest BCUT2D eigenvalue weighted by atomic mass is 35.5. The number of ether oxygens (including phenoxy) is 2. The molecular weight excluding hydrogens is 334 g/mol. The van der Waals surface area contributed by atoms with Crippen molar-refractivity contribution in [2.45, 2.75) is 38.1 Å². The molecule has 1 aromatic carbocycles. The van der Waals surface area contributed by atoms with Gasteiger partial charge in [0.15, 0.2) is 11.5 Å². The average Bonchev–Trinajstić information content (AvgIpc) is 3.00. The molecule has 3 amide bonds. The smallest absolute Gasteiger partial charge is 0.321 e. The van der Waals surface area contributed by atoms with Crippen LogP contribution in [0.15, 0.2) is 12.1 Å². The Bertz CT molecular complexity index is 632. The Morgan fingerprint density at radius 1 is 1.12 bits per heavy atom. The van der Waals surface area contributed by atoms with Crippen LogP contribution in [0.4, 0.5) is 10.5 Å². The van der Waals surface area contributed by atoms with E-state index in [0.29, 0.717) is 22.2 Å². The maximum atomic E-state index is 11.9. The predicted molar refractivity (Wildman–Crippen MR) is 89.6 cm³/mol. The fraction of sp³-hybridized carbons (Fsp3) is 0.500. The Labute approximate surface area is 145 Å². The second kappa shape index (κ2) is 7.61. The van der Waals surface area contributed by atoms with Gasteiger partial charge in [-0.25, -0.2) is 4.79 Å². The maximum absolute atomic E-state index is 11.9. The standard InChI is InChI=1S/C16H20ClN3O4/c17-11-6-13-14(24-9-23-13)7-12(11)18-8-15(21)20-16(22)19-10-4-2-1-3-5-10/h6-7,10,18H,1-5,8-9H2,(H2,19,20,21,22). The van der Waals surface area contributed by atoms with Gasteiger partial charge in [-0.2, -0.15) is 0 Å². The monoisotopic (exact) mass is 353 g/mol. The minimum Gasteiger partial charge on any atom is -0.454 e. The first kappa shape index (κ1) is 16.7. The van der Waals surface area contributed by atoms with Crippen molar-refractivity contribution in [1.29, 1.82) is 0 Å². The maximum Gasteiger partial charge on any atom is 0.321 e. The van der Waals surface area contributed by atoms with Gasteiger partial charge in [0.05, 0.1) is 17.3 Å². The van der Waals surface area contributed by atoms with Crippen molar-refractivity contribution in [3.8, 4) is 11.5 Å². The largest absolute Gasteiger partial charge is 0.454 e. The van der Waals surface area contributed by atoms with Crippen molar-refractivity contribution in [2.75, 3.05) is 18.7 Å². The van der Waals surface area contributed by atoms with Gasteiger partial charge >= 0.3 is 6.03 Å². The van der Waals surface area contributed by atoms with E-state index in [4.69, 9.17) is 21.1 Å². The summed E-state index contributed by atoms with van der Waals surface area (Å²) in [5.74, 6) is 0.705. The molecule has 0 radical (unpaired) electrons. The summed E-state index contributed by atoms with van der Waals surface area (Å²) in [5.41, 5.74) is 0.545. The molecule has 2 aliphatic rings. The molecule has 7 nitrogen and oxygen atoms in total. The molecule has 0 spiro atoms. The van der Waals surface area contributed by atoms with Crippen LogP contribution < -0.4 is 25.4 Å². The molecule has 8 heteroatoms. The lowest BCUT2D eigenvalue weighted by Gasteiger charge is -2.22. The van der Waals surface area contributed by atoms with Crippen molar-refractivity contribution >= 4 is 29.2 Å². The van der Waals surface area contributed by atoms with Gasteiger partial charge in [0, 0.05) is 18.2 Å². The van der Waals surface area contributed by atoms with Gasteiger partial charge in [-0.15, -0.1) is 0 Å². The molecule has 0 saturated heterocycles. The average molecular weight is 354 g/mol. The first-order valence-corrected chi connectivity index (χ1v) is 8.43. The first-order chi connectivity index (χ1) is 11.6. The number of fused-ring (bicyclic) bond motifs is 1. The molecule has 0 unspecified atom stereocenters. The highest BCUT2D eigenvalue weighted by Gasteiger charge is 2.18. The molecule has 1 heterocycles. The van der Waals surface area contributed by atoms with Crippen LogP contribution in [0, 0.1) is 0 Å². The summed E-state index contributed by atoms with van der Waals surface area (Å²) >= 11 is 6.12. The quantitative estimate of drug-likeness (QED) is 0.774. The van der Waals surface area contributed by atoms with Crippen LogP contribution in [-0.4, -0.2) is 31.3 Å². The number of urea groups is 1. The van der Waals surface area contributed by atoms with E-state index in [1.165, 1.54) is 6.42 Å². The van der Waals surface area contributed by atoms with Gasteiger partial charge in [0.25, 0.3) is 0 Å². The molecule has 1 saturated carbocycles. The Balaban J connectivity index is 1.46. The number of rotatable bonds is 4. The lowest BCUT2D eigenvalue weighted by Crippen LogP contribution is -2.46. The van der Waals surface area contributed by atoms with Crippen molar-refractivity contribution in [2.24, 2.45) is 0 Å². The van der Waals surface area contributed by atoms with E-state index in [0.717, 1.165) is 25.7 Å². The third-order valence-corrected chi connectivity index (χ3v) is 4.41. The molecule has 24 heavy (non-hydrogen) atoms. The third kappa shape index (κ3) is 4.23. The summed E-state index contributed by atoms with van der Waals surface area (Å²) in [4.78, 5) is 23.7. The molecule has 1 fully saturated rings. The van der Waals surface area contributed by atoms with E-state index in [-0.39, 0.29) is 19.4 Å². The molecule has 3 rings (SSSR count). The number of hydrogen-bond donors (Lipinski definition) is 3. The van der Waals surface area contributed by atoms with Crippen LogP contribution in [0.25, 0.3) is 0 Å². The number of amides is 3. The number of benzene rings is 1. The minimum atomic E-state index is -0.453. The molecule has 1 aromatic rings. The third-order valence-electron chi connectivity index (χ3n) is 4.09. The summed E-state index contributed by atoms with van der Waals surface area (Å²) in [7, 11) is 0. The van der Waals surface area contributed by atoms with Crippen LogP contribution >= 0.6 is 11.6 Å². The van der Waals surface area contributed by atoms with Gasteiger partial charge in [0.2, 0.25) is 12.7 Å². The zero-order valence-electron chi connectivity index (χ0n) is 13.2. The second-order valence-electron chi connectivity index (χ2n) is 5.90. The van der Waals surface area contributed by atoms with Gasteiger partial charge in [-0.05, 0) is 12.8 Å². The molecule has 1 aliphatic carbocycles. The van der Waals surface area contributed by atoms with Crippen molar-refractivity contribution in [3.63, 3.8) is 0 Å². The lowest BCUT2D eigenvalue weighted by molar-refractivity contribution is -0.118. The van der Waals surface area contributed by atoms with Crippen LogP contribution in [0.5, 0.6) is 11.5 Å².